The number of benzene rings is 1. The zero-order valence-electron chi connectivity index (χ0n) is 11.7. The van der Waals surface area contributed by atoms with Crippen LogP contribution in [0.3, 0.4) is 0 Å². The molecule has 2 rings (SSSR count). The average molecular weight is 274 g/mol. The Labute approximate surface area is 119 Å². The molecule has 2 N–H and O–H groups in total. The van der Waals surface area contributed by atoms with Crippen molar-refractivity contribution in [1.29, 1.82) is 0 Å². The Kier molecular flexibility index (Phi) is 5.14. The summed E-state index contributed by atoms with van der Waals surface area (Å²) < 4.78 is 0. The van der Waals surface area contributed by atoms with E-state index in [0.29, 0.717) is 12.6 Å². The van der Waals surface area contributed by atoms with Crippen molar-refractivity contribution in [2.75, 3.05) is 13.6 Å². The lowest BCUT2D eigenvalue weighted by atomic mass is 10.0. The third-order valence-electron chi connectivity index (χ3n) is 3.57. The highest BCUT2D eigenvalue weighted by Crippen LogP contribution is 2.25. The van der Waals surface area contributed by atoms with Crippen LogP contribution in [0.2, 0.25) is 0 Å². The first-order valence-corrected chi connectivity index (χ1v) is 7.61. The second-order valence-electron chi connectivity index (χ2n) is 4.91. The largest absolute Gasteiger partial charge is 0.330 e. The third kappa shape index (κ3) is 3.66. The molecule has 0 amide bonds. The van der Waals surface area contributed by atoms with Gasteiger partial charge in [0.05, 0.1) is 0 Å². The van der Waals surface area contributed by atoms with Crippen molar-refractivity contribution in [1.82, 2.24) is 4.90 Å². The number of nitrogens with two attached hydrogens (primary N) is 1. The zero-order chi connectivity index (χ0) is 13.7. The monoisotopic (exact) mass is 274 g/mol. The lowest BCUT2D eigenvalue weighted by Gasteiger charge is -2.25. The fourth-order valence-electron chi connectivity index (χ4n) is 2.26. The van der Waals surface area contributed by atoms with Gasteiger partial charge in [0.1, 0.15) is 0 Å². The minimum Gasteiger partial charge on any atom is -0.330 e. The van der Waals surface area contributed by atoms with Gasteiger partial charge in [-0.15, -0.1) is 11.3 Å². The molecule has 0 aliphatic carbocycles. The highest BCUT2D eigenvalue weighted by atomic mass is 32.1. The first-order chi connectivity index (χ1) is 9.22. The van der Waals surface area contributed by atoms with Crippen molar-refractivity contribution in [2.45, 2.75) is 25.9 Å². The Morgan fingerprint density at radius 2 is 1.89 bits per heavy atom. The molecule has 102 valence electrons. The smallest absolute Gasteiger partial charge is 0.0413 e. The maximum atomic E-state index is 5.69. The first kappa shape index (κ1) is 14.3. The fourth-order valence-corrected chi connectivity index (χ4v) is 3.11. The second-order valence-corrected chi connectivity index (χ2v) is 5.89. The molecule has 2 nitrogen and oxygen atoms in total. The molecule has 3 heteroatoms. The molecule has 0 aliphatic heterocycles. The maximum absolute atomic E-state index is 5.69. The van der Waals surface area contributed by atoms with E-state index in [0.717, 1.165) is 13.0 Å². The number of hydrogen-bond acceptors (Lipinski definition) is 3. The van der Waals surface area contributed by atoms with Crippen molar-refractivity contribution in [3.63, 3.8) is 0 Å². The van der Waals surface area contributed by atoms with Crippen LogP contribution in [0.1, 0.15) is 29.0 Å². The Balaban J connectivity index is 2.08. The van der Waals surface area contributed by atoms with E-state index in [9.17, 15) is 0 Å². The molecule has 0 aliphatic rings. The van der Waals surface area contributed by atoms with Gasteiger partial charge in [0.2, 0.25) is 0 Å². The SMILES string of the molecule is CC(c1cccs1)N(C)Cc1ccccc1CCN. The Bertz CT molecular complexity index is 493. The fraction of sp³-hybridized carbons (Fsp3) is 0.375. The Hall–Kier alpha value is -1.16. The molecule has 2 aromatic rings. The van der Waals surface area contributed by atoms with Crippen molar-refractivity contribution in [3.05, 3.63) is 57.8 Å². The number of rotatable bonds is 6. The minimum absolute atomic E-state index is 0.450. The van der Waals surface area contributed by atoms with Crippen molar-refractivity contribution in [2.24, 2.45) is 5.73 Å². The van der Waals surface area contributed by atoms with Crippen molar-refractivity contribution >= 4 is 11.3 Å². The van der Waals surface area contributed by atoms with E-state index in [1.807, 2.05) is 11.3 Å². The summed E-state index contributed by atoms with van der Waals surface area (Å²) in [5.41, 5.74) is 8.44. The summed E-state index contributed by atoms with van der Waals surface area (Å²) in [7, 11) is 2.18. The Morgan fingerprint density at radius 1 is 1.16 bits per heavy atom. The van der Waals surface area contributed by atoms with Crippen LogP contribution in [0.5, 0.6) is 0 Å². The average Bonchev–Trinajstić information content (AvgIpc) is 2.94. The van der Waals surface area contributed by atoms with E-state index in [4.69, 9.17) is 5.73 Å². The van der Waals surface area contributed by atoms with E-state index in [1.54, 1.807) is 0 Å². The van der Waals surface area contributed by atoms with Gasteiger partial charge in [-0.1, -0.05) is 30.3 Å². The molecule has 0 radical (unpaired) electrons. The van der Waals surface area contributed by atoms with Crippen molar-refractivity contribution in [3.8, 4) is 0 Å². The summed E-state index contributed by atoms with van der Waals surface area (Å²) in [6.45, 7) is 3.94. The molecule has 0 saturated carbocycles. The van der Waals surface area contributed by atoms with Crippen molar-refractivity contribution < 1.29 is 0 Å². The van der Waals surface area contributed by atoms with E-state index < -0.39 is 0 Å². The molecular formula is C16H22N2S. The summed E-state index contributed by atoms with van der Waals surface area (Å²) in [5, 5.41) is 2.14. The number of thiophene rings is 1. The lowest BCUT2D eigenvalue weighted by molar-refractivity contribution is 0.256. The lowest BCUT2D eigenvalue weighted by Crippen LogP contribution is -2.22. The van der Waals surface area contributed by atoms with Crippen LogP contribution in [0.15, 0.2) is 41.8 Å². The van der Waals surface area contributed by atoms with Gasteiger partial charge in [0.25, 0.3) is 0 Å². The van der Waals surface area contributed by atoms with Crippen LogP contribution in [0, 0.1) is 0 Å². The third-order valence-corrected chi connectivity index (χ3v) is 4.61. The van der Waals surface area contributed by atoms with Gasteiger partial charge < -0.3 is 5.73 Å². The molecule has 1 unspecified atom stereocenters. The molecule has 1 atom stereocenters. The molecule has 19 heavy (non-hydrogen) atoms. The number of hydrogen-bond donors (Lipinski definition) is 1. The highest BCUT2D eigenvalue weighted by molar-refractivity contribution is 7.10. The molecule has 0 saturated heterocycles. The predicted octanol–water partition coefficient (Wildman–Crippen LogP) is 3.44. The topological polar surface area (TPSA) is 29.3 Å². The zero-order valence-corrected chi connectivity index (χ0v) is 12.5. The van der Waals surface area contributed by atoms with Gasteiger partial charge in [-0.3, -0.25) is 4.90 Å². The molecular weight excluding hydrogens is 252 g/mol. The van der Waals surface area contributed by atoms with E-state index in [2.05, 4.69) is 60.6 Å². The quantitative estimate of drug-likeness (QED) is 0.874. The van der Waals surface area contributed by atoms with Gasteiger partial charge in [0.15, 0.2) is 0 Å². The summed E-state index contributed by atoms with van der Waals surface area (Å²) >= 11 is 1.82. The van der Waals surface area contributed by atoms with E-state index >= 15 is 0 Å². The predicted molar refractivity (Wildman–Crippen MR) is 83.4 cm³/mol. The van der Waals surface area contributed by atoms with Crippen LogP contribution in [-0.2, 0) is 13.0 Å². The van der Waals surface area contributed by atoms with E-state index in [1.165, 1.54) is 16.0 Å². The molecule has 1 aromatic carbocycles. The van der Waals surface area contributed by atoms with Gasteiger partial charge in [0, 0.05) is 17.5 Å². The molecule has 0 bridgehead atoms. The van der Waals surface area contributed by atoms with Crippen LogP contribution in [0.25, 0.3) is 0 Å². The molecule has 0 fully saturated rings. The standard InChI is InChI=1S/C16H22N2S/c1-13(16-8-5-11-19-16)18(2)12-15-7-4-3-6-14(15)9-10-17/h3-8,11,13H,9-10,12,17H2,1-2H3. The Morgan fingerprint density at radius 3 is 2.53 bits per heavy atom. The molecule has 1 heterocycles. The summed E-state index contributed by atoms with van der Waals surface area (Å²) in [6.07, 6.45) is 0.956. The second kappa shape index (κ2) is 6.85. The van der Waals surface area contributed by atoms with Crippen LogP contribution in [0.4, 0.5) is 0 Å². The summed E-state index contributed by atoms with van der Waals surface area (Å²) in [5.74, 6) is 0. The van der Waals surface area contributed by atoms with Crippen LogP contribution >= 0.6 is 11.3 Å². The van der Waals surface area contributed by atoms with Crippen LogP contribution in [-0.4, -0.2) is 18.5 Å². The van der Waals surface area contributed by atoms with E-state index in [-0.39, 0.29) is 0 Å². The summed E-state index contributed by atoms with van der Waals surface area (Å²) in [4.78, 5) is 3.81. The van der Waals surface area contributed by atoms with Gasteiger partial charge in [-0.05, 0) is 49.5 Å². The highest BCUT2D eigenvalue weighted by Gasteiger charge is 2.13. The summed E-state index contributed by atoms with van der Waals surface area (Å²) in [6, 6.07) is 13.4. The minimum atomic E-state index is 0.450. The number of nitrogens with zero attached hydrogens (tertiary/aromatic N) is 1. The molecule has 0 spiro atoms. The van der Waals surface area contributed by atoms with Crippen LogP contribution < -0.4 is 5.73 Å². The first-order valence-electron chi connectivity index (χ1n) is 6.73. The van der Waals surface area contributed by atoms with Gasteiger partial charge in [-0.2, -0.15) is 0 Å². The van der Waals surface area contributed by atoms with Gasteiger partial charge in [-0.25, -0.2) is 0 Å². The normalized spacial score (nSPS) is 12.8. The molecule has 1 aromatic heterocycles. The maximum Gasteiger partial charge on any atom is 0.0413 e. The van der Waals surface area contributed by atoms with Gasteiger partial charge >= 0.3 is 0 Å².